The summed E-state index contributed by atoms with van der Waals surface area (Å²) in [5.74, 6) is 5.98. The summed E-state index contributed by atoms with van der Waals surface area (Å²) < 4.78 is 5.11. The van der Waals surface area contributed by atoms with Crippen LogP contribution >= 0.6 is 0 Å². The number of ether oxygens (including phenoxy) is 1. The van der Waals surface area contributed by atoms with Crippen molar-refractivity contribution in [2.45, 2.75) is 32.8 Å². The van der Waals surface area contributed by atoms with Gasteiger partial charge in [-0.3, -0.25) is 5.41 Å². The number of nitrogens with one attached hydrogen (secondary N) is 2. The minimum atomic E-state index is -0.492. The number of amides is 1. The summed E-state index contributed by atoms with van der Waals surface area (Å²) in [6, 6.07) is 7.13. The Morgan fingerprint density at radius 2 is 1.95 bits per heavy atom. The normalized spacial score (nSPS) is 10.2. The molecule has 1 rings (SSSR count). The van der Waals surface area contributed by atoms with E-state index in [1.165, 1.54) is 0 Å². The van der Waals surface area contributed by atoms with Gasteiger partial charge in [-0.05, 0) is 32.9 Å². The van der Waals surface area contributed by atoms with E-state index in [0.29, 0.717) is 18.5 Å². The highest BCUT2D eigenvalue weighted by Crippen LogP contribution is 2.06. The molecule has 0 bridgehead atoms. The van der Waals surface area contributed by atoms with Gasteiger partial charge in [0.15, 0.2) is 0 Å². The molecule has 0 saturated heterocycles. The van der Waals surface area contributed by atoms with Crippen LogP contribution in [0.25, 0.3) is 0 Å². The topological polar surface area (TPSA) is 88.2 Å². The van der Waals surface area contributed by atoms with Crippen molar-refractivity contribution < 1.29 is 9.53 Å². The fourth-order valence-electron chi connectivity index (χ4n) is 1.44. The summed E-state index contributed by atoms with van der Waals surface area (Å²) in [5, 5.41) is 9.93. The van der Waals surface area contributed by atoms with E-state index in [1.54, 1.807) is 12.1 Å². The number of alkyl carbamates (subject to hydrolysis) is 1. The van der Waals surface area contributed by atoms with E-state index in [0.717, 1.165) is 5.56 Å². The zero-order valence-corrected chi connectivity index (χ0v) is 12.6. The lowest BCUT2D eigenvalue weighted by molar-refractivity contribution is 0.0529. The van der Waals surface area contributed by atoms with Gasteiger partial charge in [0.05, 0.1) is 0 Å². The van der Waals surface area contributed by atoms with Gasteiger partial charge in [0.1, 0.15) is 11.4 Å². The molecule has 4 N–H and O–H groups in total. The fourth-order valence-corrected chi connectivity index (χ4v) is 1.44. The minimum absolute atomic E-state index is 0.0380. The van der Waals surface area contributed by atoms with Crippen molar-refractivity contribution in [2.75, 3.05) is 6.54 Å². The maximum absolute atomic E-state index is 11.4. The van der Waals surface area contributed by atoms with Crippen LogP contribution in [0.2, 0.25) is 0 Å². The van der Waals surface area contributed by atoms with Gasteiger partial charge in [-0.2, -0.15) is 0 Å². The first-order valence-corrected chi connectivity index (χ1v) is 6.68. The zero-order chi connectivity index (χ0) is 15.9. The van der Waals surface area contributed by atoms with Crippen LogP contribution in [0.3, 0.4) is 0 Å². The van der Waals surface area contributed by atoms with E-state index in [-0.39, 0.29) is 5.84 Å². The SMILES string of the molecule is CC(C)(C)OC(=O)NCCC#Cc1ccc(C(=N)N)cc1. The summed E-state index contributed by atoms with van der Waals surface area (Å²) in [4.78, 5) is 11.4. The molecular weight excluding hydrogens is 266 g/mol. The molecule has 1 aromatic carbocycles. The molecule has 1 aromatic rings. The largest absolute Gasteiger partial charge is 0.444 e. The molecule has 112 valence electrons. The van der Waals surface area contributed by atoms with Gasteiger partial charge in [-0.1, -0.05) is 24.0 Å². The van der Waals surface area contributed by atoms with E-state index in [9.17, 15) is 4.79 Å². The van der Waals surface area contributed by atoms with Crippen molar-refractivity contribution >= 4 is 11.9 Å². The van der Waals surface area contributed by atoms with Gasteiger partial charge < -0.3 is 15.8 Å². The number of amidine groups is 1. The number of hydrogen-bond acceptors (Lipinski definition) is 3. The molecule has 5 heteroatoms. The van der Waals surface area contributed by atoms with Gasteiger partial charge in [-0.15, -0.1) is 0 Å². The Bertz CT molecular complexity index is 560. The number of nitrogen functional groups attached to an aromatic ring is 1. The Morgan fingerprint density at radius 1 is 1.33 bits per heavy atom. The van der Waals surface area contributed by atoms with Gasteiger partial charge in [0.2, 0.25) is 0 Å². The molecule has 5 nitrogen and oxygen atoms in total. The number of carbonyl (C=O) groups excluding carboxylic acids is 1. The smallest absolute Gasteiger partial charge is 0.407 e. The molecule has 0 aliphatic carbocycles. The quantitative estimate of drug-likeness (QED) is 0.345. The number of benzene rings is 1. The molecule has 0 atom stereocenters. The number of carbonyl (C=O) groups is 1. The van der Waals surface area contributed by atoms with Crippen LogP contribution in [-0.2, 0) is 4.74 Å². The summed E-state index contributed by atoms with van der Waals surface area (Å²) in [7, 11) is 0. The van der Waals surface area contributed by atoms with Crippen molar-refractivity contribution in [3.8, 4) is 11.8 Å². The zero-order valence-electron chi connectivity index (χ0n) is 12.6. The molecule has 21 heavy (non-hydrogen) atoms. The second-order valence-electron chi connectivity index (χ2n) is 5.47. The molecule has 0 saturated carbocycles. The molecule has 0 aliphatic rings. The average molecular weight is 287 g/mol. The van der Waals surface area contributed by atoms with E-state index in [1.807, 2.05) is 32.9 Å². The van der Waals surface area contributed by atoms with Gasteiger partial charge in [0, 0.05) is 24.1 Å². The van der Waals surface area contributed by atoms with E-state index in [4.69, 9.17) is 15.9 Å². The monoisotopic (exact) mass is 287 g/mol. The van der Waals surface area contributed by atoms with Crippen molar-refractivity contribution in [1.82, 2.24) is 5.32 Å². The highest BCUT2D eigenvalue weighted by atomic mass is 16.6. The molecule has 0 unspecified atom stereocenters. The Morgan fingerprint density at radius 3 is 2.48 bits per heavy atom. The Labute approximate surface area is 125 Å². The Hall–Kier alpha value is -2.48. The Balaban J connectivity index is 2.36. The third-order valence-corrected chi connectivity index (χ3v) is 2.35. The van der Waals surface area contributed by atoms with Crippen LogP contribution in [0.15, 0.2) is 24.3 Å². The fraction of sp³-hybridized carbons (Fsp3) is 0.375. The summed E-state index contributed by atoms with van der Waals surface area (Å²) in [6.07, 6.45) is 0.100. The minimum Gasteiger partial charge on any atom is -0.444 e. The molecule has 1 amide bonds. The predicted molar refractivity (Wildman–Crippen MR) is 83.2 cm³/mol. The van der Waals surface area contributed by atoms with Crippen LogP contribution in [0.4, 0.5) is 4.79 Å². The molecule has 0 radical (unpaired) electrons. The lowest BCUT2D eigenvalue weighted by Gasteiger charge is -2.19. The van der Waals surface area contributed by atoms with Gasteiger partial charge >= 0.3 is 6.09 Å². The number of nitrogens with two attached hydrogens (primary N) is 1. The van der Waals surface area contributed by atoms with E-state index >= 15 is 0 Å². The first kappa shape index (κ1) is 16.6. The van der Waals surface area contributed by atoms with Crippen molar-refractivity contribution in [2.24, 2.45) is 5.73 Å². The maximum atomic E-state index is 11.4. The van der Waals surface area contributed by atoms with Crippen LogP contribution in [0, 0.1) is 17.3 Å². The first-order valence-electron chi connectivity index (χ1n) is 6.68. The predicted octanol–water partition coefficient (Wildman–Crippen LogP) is 2.24. The average Bonchev–Trinajstić information content (AvgIpc) is 2.36. The number of rotatable bonds is 3. The van der Waals surface area contributed by atoms with E-state index < -0.39 is 11.7 Å². The summed E-state index contributed by atoms with van der Waals surface area (Å²) in [5.41, 5.74) is 6.40. The highest BCUT2D eigenvalue weighted by molar-refractivity contribution is 5.94. The lowest BCUT2D eigenvalue weighted by atomic mass is 10.1. The first-order chi connectivity index (χ1) is 9.78. The molecule has 0 spiro atoms. The summed E-state index contributed by atoms with van der Waals surface area (Å²) in [6.45, 7) is 5.89. The third-order valence-electron chi connectivity index (χ3n) is 2.35. The molecule has 0 aromatic heterocycles. The van der Waals surface area contributed by atoms with Crippen LogP contribution < -0.4 is 11.1 Å². The van der Waals surface area contributed by atoms with Crippen LogP contribution in [0.5, 0.6) is 0 Å². The Kier molecular flexibility index (Phi) is 5.79. The highest BCUT2D eigenvalue weighted by Gasteiger charge is 2.15. The molecule has 0 fully saturated rings. The molecular formula is C16H21N3O2. The maximum Gasteiger partial charge on any atom is 0.407 e. The standard InChI is InChI=1S/C16H21N3O2/c1-16(2,3)21-15(20)19-11-5-4-6-12-7-9-13(10-8-12)14(17)18/h7-10H,5,11H2,1-3H3,(H3,17,18)(H,19,20). The van der Waals surface area contributed by atoms with Crippen molar-refractivity contribution in [3.63, 3.8) is 0 Å². The van der Waals surface area contributed by atoms with E-state index in [2.05, 4.69) is 17.2 Å². The molecule has 0 aliphatic heterocycles. The molecule has 0 heterocycles. The third kappa shape index (κ3) is 7.02. The van der Waals surface area contributed by atoms with Crippen LogP contribution in [-0.4, -0.2) is 24.1 Å². The van der Waals surface area contributed by atoms with Crippen molar-refractivity contribution in [1.29, 1.82) is 5.41 Å². The summed E-state index contributed by atoms with van der Waals surface area (Å²) >= 11 is 0. The van der Waals surface area contributed by atoms with Gasteiger partial charge in [-0.25, -0.2) is 4.79 Å². The lowest BCUT2D eigenvalue weighted by Crippen LogP contribution is -2.32. The second-order valence-corrected chi connectivity index (χ2v) is 5.47. The second kappa shape index (κ2) is 7.34. The number of hydrogen-bond donors (Lipinski definition) is 3. The van der Waals surface area contributed by atoms with Gasteiger partial charge in [0.25, 0.3) is 0 Å². The van der Waals surface area contributed by atoms with Crippen LogP contribution in [0.1, 0.15) is 38.3 Å². The van der Waals surface area contributed by atoms with Crippen molar-refractivity contribution in [3.05, 3.63) is 35.4 Å².